The first-order valence-electron chi connectivity index (χ1n) is 6.54. The van der Waals surface area contributed by atoms with Gasteiger partial charge < -0.3 is 4.40 Å². The van der Waals surface area contributed by atoms with E-state index in [1.54, 1.807) is 12.1 Å². The number of nitrogens with zero attached hydrogens (tertiary/aromatic N) is 2. The number of rotatable bonds is 4. The number of aryl methyl sites for hydroxylation is 2. The summed E-state index contributed by atoms with van der Waals surface area (Å²) in [5.41, 5.74) is 2.24. The number of pyridine rings is 1. The number of halogens is 2. The first kappa shape index (κ1) is 13.9. The Kier molecular flexibility index (Phi) is 3.84. The van der Waals surface area contributed by atoms with Crippen LogP contribution in [0, 0.1) is 5.82 Å². The van der Waals surface area contributed by atoms with Crippen LogP contribution in [0.1, 0.15) is 21.9 Å². The predicted molar refractivity (Wildman–Crippen MR) is 82.1 cm³/mol. The maximum atomic E-state index is 12.9. The lowest BCUT2D eigenvalue weighted by Gasteiger charge is -2.03. The number of carbonyl (C=O) groups is 1. The Bertz CT molecular complexity index is 796. The van der Waals surface area contributed by atoms with Gasteiger partial charge in [0.25, 0.3) is 0 Å². The van der Waals surface area contributed by atoms with Gasteiger partial charge in [0.15, 0.2) is 6.29 Å². The van der Waals surface area contributed by atoms with Crippen LogP contribution in [0.15, 0.2) is 47.1 Å². The maximum absolute atomic E-state index is 12.9. The normalized spacial score (nSPS) is 11.0. The number of hydrogen-bond acceptors (Lipinski definition) is 2. The topological polar surface area (TPSA) is 34.4 Å². The zero-order valence-electron chi connectivity index (χ0n) is 11.1. The van der Waals surface area contributed by atoms with Crippen LogP contribution in [0.25, 0.3) is 5.52 Å². The van der Waals surface area contributed by atoms with E-state index < -0.39 is 0 Å². The first-order valence-corrected chi connectivity index (χ1v) is 7.33. The van der Waals surface area contributed by atoms with E-state index in [1.807, 2.05) is 22.7 Å². The van der Waals surface area contributed by atoms with E-state index in [0.29, 0.717) is 12.1 Å². The van der Waals surface area contributed by atoms with Crippen molar-refractivity contribution in [2.24, 2.45) is 0 Å². The molecule has 0 spiro atoms. The molecular formula is C16H12BrFN2O. The molecule has 5 heteroatoms. The Morgan fingerprint density at radius 1 is 1.19 bits per heavy atom. The van der Waals surface area contributed by atoms with E-state index in [9.17, 15) is 9.18 Å². The molecular weight excluding hydrogens is 335 g/mol. The van der Waals surface area contributed by atoms with Crippen molar-refractivity contribution in [1.29, 1.82) is 0 Å². The molecule has 3 nitrogen and oxygen atoms in total. The van der Waals surface area contributed by atoms with Gasteiger partial charge in [-0.1, -0.05) is 12.1 Å². The lowest BCUT2D eigenvalue weighted by atomic mass is 10.1. The van der Waals surface area contributed by atoms with Crippen LogP contribution in [0.5, 0.6) is 0 Å². The van der Waals surface area contributed by atoms with Crippen molar-refractivity contribution in [3.63, 3.8) is 0 Å². The number of benzene rings is 1. The highest BCUT2D eigenvalue weighted by Gasteiger charge is 2.12. The van der Waals surface area contributed by atoms with E-state index in [-0.39, 0.29) is 5.82 Å². The van der Waals surface area contributed by atoms with Gasteiger partial charge >= 0.3 is 0 Å². The van der Waals surface area contributed by atoms with Crippen LogP contribution >= 0.6 is 15.9 Å². The minimum absolute atomic E-state index is 0.239. The van der Waals surface area contributed by atoms with Crippen molar-refractivity contribution in [3.05, 3.63) is 70.0 Å². The highest BCUT2D eigenvalue weighted by molar-refractivity contribution is 9.10. The molecule has 0 saturated carbocycles. The van der Waals surface area contributed by atoms with Crippen LogP contribution in [0.4, 0.5) is 4.39 Å². The molecule has 0 bridgehead atoms. The van der Waals surface area contributed by atoms with Crippen molar-refractivity contribution >= 4 is 27.7 Å². The van der Waals surface area contributed by atoms with Crippen LogP contribution in [-0.2, 0) is 12.8 Å². The molecule has 21 heavy (non-hydrogen) atoms. The fraction of sp³-hybridized carbons (Fsp3) is 0.125. The molecule has 2 heterocycles. The lowest BCUT2D eigenvalue weighted by molar-refractivity contribution is 0.112. The third kappa shape index (κ3) is 2.74. The Morgan fingerprint density at radius 2 is 1.95 bits per heavy atom. The molecule has 0 N–H and O–H groups in total. The van der Waals surface area contributed by atoms with Gasteiger partial charge in [0, 0.05) is 17.1 Å². The summed E-state index contributed by atoms with van der Waals surface area (Å²) in [6.07, 6.45) is 4.07. The molecule has 0 fully saturated rings. The van der Waals surface area contributed by atoms with Crippen LogP contribution in [0.3, 0.4) is 0 Å². The first-order chi connectivity index (χ1) is 10.2. The van der Waals surface area contributed by atoms with Gasteiger partial charge in [-0.2, -0.15) is 0 Å². The van der Waals surface area contributed by atoms with Gasteiger partial charge in [0.2, 0.25) is 0 Å². The largest absolute Gasteiger partial charge is 0.302 e. The summed E-state index contributed by atoms with van der Waals surface area (Å²) >= 11 is 3.44. The van der Waals surface area contributed by atoms with E-state index >= 15 is 0 Å². The summed E-state index contributed by atoms with van der Waals surface area (Å²) in [7, 11) is 0. The molecule has 0 atom stereocenters. The van der Waals surface area contributed by atoms with E-state index in [4.69, 9.17) is 0 Å². The SMILES string of the molecule is O=Cc1nc(CCc2ccc(F)cc2)n2cccc(Br)c12. The van der Waals surface area contributed by atoms with Crippen LogP contribution < -0.4 is 0 Å². The van der Waals surface area contributed by atoms with Gasteiger partial charge in [0.1, 0.15) is 17.3 Å². The highest BCUT2D eigenvalue weighted by atomic mass is 79.9. The molecule has 0 aliphatic heterocycles. The molecule has 0 amide bonds. The van der Waals surface area contributed by atoms with Crippen LogP contribution in [-0.4, -0.2) is 15.7 Å². The average molecular weight is 347 g/mol. The second kappa shape index (κ2) is 5.77. The van der Waals surface area contributed by atoms with Crippen molar-refractivity contribution in [1.82, 2.24) is 9.38 Å². The molecule has 1 aromatic carbocycles. The fourth-order valence-electron chi connectivity index (χ4n) is 2.35. The Morgan fingerprint density at radius 3 is 2.67 bits per heavy atom. The number of aldehydes is 1. The molecule has 0 saturated heterocycles. The quantitative estimate of drug-likeness (QED) is 0.672. The van der Waals surface area contributed by atoms with Crippen LogP contribution in [0.2, 0.25) is 0 Å². The van der Waals surface area contributed by atoms with Gasteiger partial charge in [-0.3, -0.25) is 4.79 Å². The van der Waals surface area contributed by atoms with Gasteiger partial charge in [-0.05, 0) is 52.2 Å². The van der Waals surface area contributed by atoms with Crippen molar-refractivity contribution in [2.45, 2.75) is 12.8 Å². The molecule has 0 aliphatic carbocycles. The summed E-state index contributed by atoms with van der Waals surface area (Å²) in [6, 6.07) is 10.2. The third-order valence-corrected chi connectivity index (χ3v) is 4.02. The maximum Gasteiger partial charge on any atom is 0.170 e. The van der Waals surface area contributed by atoms with Crippen molar-refractivity contribution in [3.8, 4) is 0 Å². The van der Waals surface area contributed by atoms with Gasteiger partial charge in [-0.15, -0.1) is 0 Å². The fourth-order valence-corrected chi connectivity index (χ4v) is 2.90. The zero-order chi connectivity index (χ0) is 14.8. The number of aromatic nitrogens is 2. The number of imidazole rings is 1. The van der Waals surface area contributed by atoms with E-state index in [2.05, 4.69) is 20.9 Å². The molecule has 0 radical (unpaired) electrons. The minimum atomic E-state index is -0.239. The summed E-state index contributed by atoms with van der Waals surface area (Å²) in [6.45, 7) is 0. The Labute approximate surface area is 129 Å². The second-order valence-corrected chi connectivity index (χ2v) is 5.59. The van der Waals surface area contributed by atoms with Crippen molar-refractivity contribution in [2.75, 3.05) is 0 Å². The Hall–Kier alpha value is -2.01. The summed E-state index contributed by atoms with van der Waals surface area (Å²) < 4.78 is 15.6. The number of fused-ring (bicyclic) bond motifs is 1. The molecule has 2 aromatic heterocycles. The molecule has 3 aromatic rings. The van der Waals surface area contributed by atoms with E-state index in [1.165, 1.54) is 12.1 Å². The molecule has 0 unspecified atom stereocenters. The zero-order valence-corrected chi connectivity index (χ0v) is 12.7. The Balaban J connectivity index is 1.92. The monoisotopic (exact) mass is 346 g/mol. The van der Waals surface area contributed by atoms with Gasteiger partial charge in [-0.25, -0.2) is 9.37 Å². The smallest absolute Gasteiger partial charge is 0.170 e. The highest BCUT2D eigenvalue weighted by Crippen LogP contribution is 2.22. The third-order valence-electron chi connectivity index (χ3n) is 3.38. The summed E-state index contributed by atoms with van der Waals surface area (Å²) in [5.74, 6) is 0.579. The predicted octanol–water partition coefficient (Wildman–Crippen LogP) is 3.83. The average Bonchev–Trinajstić information content (AvgIpc) is 2.86. The number of hydrogen-bond donors (Lipinski definition) is 0. The van der Waals surface area contributed by atoms with Gasteiger partial charge in [0.05, 0.1) is 5.52 Å². The summed E-state index contributed by atoms with van der Waals surface area (Å²) in [5, 5.41) is 0. The second-order valence-electron chi connectivity index (χ2n) is 4.73. The molecule has 106 valence electrons. The molecule has 3 rings (SSSR count). The van der Waals surface area contributed by atoms with Crippen molar-refractivity contribution < 1.29 is 9.18 Å². The lowest BCUT2D eigenvalue weighted by Crippen LogP contribution is -1.98. The summed E-state index contributed by atoms with van der Waals surface area (Å²) in [4.78, 5) is 15.6. The number of carbonyl (C=O) groups excluding carboxylic acids is 1. The standard InChI is InChI=1S/C16H12BrFN2O/c17-13-2-1-9-20-15(19-14(10-21)16(13)20)8-5-11-3-6-12(18)7-4-11/h1-4,6-7,9-10H,5,8H2. The minimum Gasteiger partial charge on any atom is -0.302 e. The molecule has 0 aliphatic rings. The van der Waals surface area contributed by atoms with E-state index in [0.717, 1.165) is 34.1 Å².